The topological polar surface area (TPSA) is 82.1 Å². The largest absolute Gasteiger partial charge is 0.493 e. The Hall–Kier alpha value is -2.48. The number of hydrogen-bond donors (Lipinski definition) is 0. The molecule has 26 heavy (non-hydrogen) atoms. The number of hydrogen-bond acceptors (Lipinski definition) is 7. The molecule has 0 atom stereocenters. The van der Waals surface area contributed by atoms with E-state index in [4.69, 9.17) is 14.2 Å². The predicted molar refractivity (Wildman–Crippen MR) is 97.4 cm³/mol. The highest BCUT2D eigenvalue weighted by Crippen LogP contribution is 2.30. The van der Waals surface area contributed by atoms with Gasteiger partial charge in [-0.2, -0.15) is 0 Å². The maximum Gasteiger partial charge on any atom is 0.333 e. The van der Waals surface area contributed by atoms with Gasteiger partial charge in [-0.1, -0.05) is 11.8 Å². The van der Waals surface area contributed by atoms with Crippen molar-refractivity contribution in [2.24, 2.45) is 0 Å². The third kappa shape index (κ3) is 5.01. The zero-order valence-corrected chi connectivity index (χ0v) is 15.8. The highest BCUT2D eigenvalue weighted by molar-refractivity contribution is 8.04. The van der Waals surface area contributed by atoms with Crippen LogP contribution in [-0.4, -0.2) is 55.2 Å². The number of carbonyl (C=O) groups excluding carboxylic acids is 3. The number of thioether (sulfide) groups is 1. The van der Waals surface area contributed by atoms with Crippen molar-refractivity contribution in [3.05, 3.63) is 34.9 Å². The van der Waals surface area contributed by atoms with Gasteiger partial charge in [0.2, 0.25) is 5.91 Å². The van der Waals surface area contributed by atoms with Crippen molar-refractivity contribution in [1.82, 2.24) is 4.90 Å². The Morgan fingerprint density at radius 3 is 2.73 bits per heavy atom. The minimum atomic E-state index is -0.475. The number of ketones is 1. The summed E-state index contributed by atoms with van der Waals surface area (Å²) < 4.78 is 15.8. The van der Waals surface area contributed by atoms with Crippen LogP contribution >= 0.6 is 11.8 Å². The van der Waals surface area contributed by atoms with Gasteiger partial charge >= 0.3 is 5.97 Å². The summed E-state index contributed by atoms with van der Waals surface area (Å²) in [5, 5.41) is 0.552. The lowest BCUT2D eigenvalue weighted by Gasteiger charge is -2.18. The second-order valence-electron chi connectivity index (χ2n) is 5.34. The smallest absolute Gasteiger partial charge is 0.333 e. The van der Waals surface area contributed by atoms with Gasteiger partial charge in [0, 0.05) is 5.56 Å². The van der Waals surface area contributed by atoms with Crippen molar-refractivity contribution in [2.45, 2.75) is 13.8 Å². The second-order valence-corrected chi connectivity index (χ2v) is 6.33. The van der Waals surface area contributed by atoms with Crippen LogP contribution in [0.2, 0.25) is 0 Å². The van der Waals surface area contributed by atoms with Crippen LogP contribution in [0.3, 0.4) is 0 Å². The van der Waals surface area contributed by atoms with Crippen LogP contribution in [0.15, 0.2) is 29.3 Å². The van der Waals surface area contributed by atoms with Gasteiger partial charge < -0.3 is 19.1 Å². The van der Waals surface area contributed by atoms with Gasteiger partial charge in [-0.05, 0) is 32.0 Å². The molecule has 0 aromatic heterocycles. The predicted octanol–water partition coefficient (Wildman–Crippen LogP) is 2.26. The first-order chi connectivity index (χ1) is 12.5. The lowest BCUT2D eigenvalue weighted by atomic mass is 10.1. The number of methoxy groups -OCH3 is 1. The van der Waals surface area contributed by atoms with E-state index in [-0.39, 0.29) is 37.2 Å². The first-order valence-electron chi connectivity index (χ1n) is 8.09. The molecule has 140 valence electrons. The fourth-order valence-corrected chi connectivity index (χ4v) is 3.26. The Morgan fingerprint density at radius 1 is 1.31 bits per heavy atom. The van der Waals surface area contributed by atoms with Crippen molar-refractivity contribution in [1.29, 1.82) is 0 Å². The van der Waals surface area contributed by atoms with Gasteiger partial charge in [-0.3, -0.25) is 9.59 Å². The summed E-state index contributed by atoms with van der Waals surface area (Å²) in [6.07, 6.45) is 1.32. The number of rotatable bonds is 8. The standard InChI is InChI=1S/C18H21NO6S/c1-4-24-18(22)10-17-19(16(21)11-26-17)7-8-25-14-6-5-13(12(2)20)9-15(14)23-3/h5-6,9-10H,4,7-8,11H2,1-3H3/b17-10-. The highest BCUT2D eigenvalue weighted by atomic mass is 32.2. The molecule has 1 aliphatic heterocycles. The minimum absolute atomic E-state index is 0.0664. The Bertz CT molecular complexity index is 730. The van der Waals surface area contributed by atoms with Crippen molar-refractivity contribution in [3.8, 4) is 11.5 Å². The van der Waals surface area contributed by atoms with Gasteiger partial charge in [0.15, 0.2) is 17.3 Å². The first kappa shape index (κ1) is 19.8. The average molecular weight is 379 g/mol. The maximum absolute atomic E-state index is 12.0. The third-order valence-electron chi connectivity index (χ3n) is 3.58. The normalized spacial score (nSPS) is 15.3. The Labute approximate surface area is 156 Å². The molecule has 0 spiro atoms. The lowest BCUT2D eigenvalue weighted by molar-refractivity contribution is -0.137. The minimum Gasteiger partial charge on any atom is -0.493 e. The van der Waals surface area contributed by atoms with E-state index in [1.54, 1.807) is 25.1 Å². The molecule has 1 aromatic carbocycles. The zero-order valence-electron chi connectivity index (χ0n) is 14.9. The van der Waals surface area contributed by atoms with Crippen LogP contribution in [0.25, 0.3) is 0 Å². The average Bonchev–Trinajstić information content (AvgIpc) is 2.95. The van der Waals surface area contributed by atoms with E-state index in [0.717, 1.165) is 0 Å². The molecule has 1 saturated heterocycles. The molecule has 1 heterocycles. The summed E-state index contributed by atoms with van der Waals surface area (Å²) in [6, 6.07) is 4.93. The summed E-state index contributed by atoms with van der Waals surface area (Å²) in [6.45, 7) is 3.97. The molecule has 0 N–H and O–H groups in total. The number of benzene rings is 1. The van der Waals surface area contributed by atoms with E-state index in [9.17, 15) is 14.4 Å². The number of esters is 1. The monoisotopic (exact) mass is 379 g/mol. The maximum atomic E-state index is 12.0. The van der Waals surface area contributed by atoms with E-state index < -0.39 is 5.97 Å². The molecule has 0 radical (unpaired) electrons. The van der Waals surface area contributed by atoms with Gasteiger partial charge in [-0.25, -0.2) is 4.79 Å². The zero-order chi connectivity index (χ0) is 19.1. The summed E-state index contributed by atoms with van der Waals surface area (Å²) in [5.41, 5.74) is 0.528. The van der Waals surface area contributed by atoms with Crippen LogP contribution in [0.5, 0.6) is 11.5 Å². The Kier molecular flexibility index (Phi) is 7.08. The summed E-state index contributed by atoms with van der Waals surface area (Å²) in [7, 11) is 1.49. The van der Waals surface area contributed by atoms with Crippen molar-refractivity contribution < 1.29 is 28.6 Å². The SMILES string of the molecule is CCOC(=O)/C=C1\SCC(=O)N1CCOc1ccc(C(C)=O)cc1OC. The lowest BCUT2D eigenvalue weighted by Crippen LogP contribution is -2.29. The summed E-state index contributed by atoms with van der Waals surface area (Å²) in [5.74, 6) is 0.574. The number of nitrogens with zero attached hydrogens (tertiary/aromatic N) is 1. The van der Waals surface area contributed by atoms with Crippen LogP contribution in [0.4, 0.5) is 0 Å². The molecule has 8 heteroatoms. The van der Waals surface area contributed by atoms with E-state index >= 15 is 0 Å². The fourth-order valence-electron chi connectivity index (χ4n) is 2.31. The highest BCUT2D eigenvalue weighted by Gasteiger charge is 2.27. The molecular weight excluding hydrogens is 358 g/mol. The van der Waals surface area contributed by atoms with E-state index in [1.165, 1.54) is 36.8 Å². The fraction of sp³-hybridized carbons (Fsp3) is 0.389. The van der Waals surface area contributed by atoms with Gasteiger partial charge in [0.05, 0.1) is 37.1 Å². The summed E-state index contributed by atoms with van der Waals surface area (Å²) in [4.78, 5) is 36.5. The number of Topliss-reactive ketones (excluding diaryl/α,β-unsaturated/α-hetero) is 1. The van der Waals surface area contributed by atoms with Crippen LogP contribution in [0, 0.1) is 0 Å². The molecule has 7 nitrogen and oxygen atoms in total. The van der Waals surface area contributed by atoms with E-state index in [2.05, 4.69) is 0 Å². The molecule has 1 aliphatic rings. The molecule has 1 aromatic rings. The molecule has 1 fully saturated rings. The number of ether oxygens (including phenoxy) is 3. The van der Waals surface area contributed by atoms with Crippen LogP contribution in [0.1, 0.15) is 24.2 Å². The quantitative estimate of drug-likeness (QED) is 0.389. The number of carbonyl (C=O) groups is 3. The molecule has 0 saturated carbocycles. The Morgan fingerprint density at radius 2 is 2.08 bits per heavy atom. The second kappa shape index (κ2) is 9.28. The van der Waals surface area contributed by atoms with Gasteiger partial charge in [-0.15, -0.1) is 0 Å². The van der Waals surface area contributed by atoms with E-state index in [0.29, 0.717) is 22.1 Å². The van der Waals surface area contributed by atoms with Crippen LogP contribution < -0.4 is 9.47 Å². The summed E-state index contributed by atoms with van der Waals surface area (Å²) >= 11 is 1.29. The number of amides is 1. The van der Waals surface area contributed by atoms with Crippen molar-refractivity contribution >= 4 is 29.4 Å². The molecule has 0 unspecified atom stereocenters. The first-order valence-corrected chi connectivity index (χ1v) is 9.08. The van der Waals surface area contributed by atoms with E-state index in [1.807, 2.05) is 0 Å². The van der Waals surface area contributed by atoms with Crippen LogP contribution in [-0.2, 0) is 14.3 Å². The Balaban J connectivity index is 2.00. The van der Waals surface area contributed by atoms with Gasteiger partial charge in [0.1, 0.15) is 6.61 Å². The molecule has 1 amide bonds. The van der Waals surface area contributed by atoms with Gasteiger partial charge in [0.25, 0.3) is 0 Å². The molecular formula is C18H21NO6S. The molecule has 2 rings (SSSR count). The third-order valence-corrected chi connectivity index (χ3v) is 4.61. The van der Waals surface area contributed by atoms with Crippen molar-refractivity contribution in [3.63, 3.8) is 0 Å². The molecule has 0 bridgehead atoms. The van der Waals surface area contributed by atoms with Crippen molar-refractivity contribution in [2.75, 3.05) is 32.6 Å². The molecule has 0 aliphatic carbocycles.